The second-order valence-electron chi connectivity index (χ2n) is 4.90. The van der Waals surface area contributed by atoms with Crippen molar-refractivity contribution >= 4 is 22.2 Å². The van der Waals surface area contributed by atoms with Gasteiger partial charge >= 0.3 is 0 Å². The molecule has 0 spiro atoms. The van der Waals surface area contributed by atoms with E-state index in [1.165, 1.54) is 17.0 Å². The van der Waals surface area contributed by atoms with Gasteiger partial charge in [-0.1, -0.05) is 18.3 Å². The van der Waals surface area contributed by atoms with Crippen LogP contribution in [0.5, 0.6) is 0 Å². The van der Waals surface area contributed by atoms with Crippen molar-refractivity contribution in [3.63, 3.8) is 0 Å². The molecule has 1 aromatic carbocycles. The molecule has 114 valence electrons. The normalized spacial score (nSPS) is 10.9. The third kappa shape index (κ3) is 4.02. The van der Waals surface area contributed by atoms with E-state index in [4.69, 9.17) is 0 Å². The van der Waals surface area contributed by atoms with E-state index in [1.807, 2.05) is 6.92 Å². The Bertz CT molecular complexity index is 565. The van der Waals surface area contributed by atoms with E-state index < -0.39 is 0 Å². The van der Waals surface area contributed by atoms with Gasteiger partial charge in [0, 0.05) is 23.7 Å². The molecule has 0 saturated carbocycles. The van der Waals surface area contributed by atoms with Gasteiger partial charge in [-0.3, -0.25) is 0 Å². The topological polar surface area (TPSA) is 28.2 Å². The van der Waals surface area contributed by atoms with Crippen molar-refractivity contribution in [2.24, 2.45) is 0 Å². The Hall–Kier alpha value is -1.46. The molecule has 0 aliphatic heterocycles. The maximum absolute atomic E-state index is 13.1. The summed E-state index contributed by atoms with van der Waals surface area (Å²) in [5.74, 6) is -0.213. The van der Waals surface area contributed by atoms with Crippen LogP contribution in [-0.2, 0) is 6.54 Å². The number of aromatic nitrogens is 1. The number of halogens is 1. The fourth-order valence-corrected chi connectivity index (χ4v) is 3.24. The number of aryl methyl sites for hydroxylation is 1. The molecule has 5 heteroatoms. The van der Waals surface area contributed by atoms with E-state index in [0.717, 1.165) is 42.6 Å². The van der Waals surface area contributed by atoms with Gasteiger partial charge in [-0.2, -0.15) is 0 Å². The lowest BCUT2D eigenvalue weighted by molar-refractivity contribution is 0.628. The van der Waals surface area contributed by atoms with Gasteiger partial charge in [-0.25, -0.2) is 9.37 Å². The van der Waals surface area contributed by atoms with Crippen LogP contribution in [0.1, 0.15) is 30.8 Å². The summed E-state index contributed by atoms with van der Waals surface area (Å²) in [4.78, 5) is 8.04. The fourth-order valence-electron chi connectivity index (χ4n) is 2.12. The van der Waals surface area contributed by atoms with E-state index in [1.54, 1.807) is 23.5 Å². The van der Waals surface area contributed by atoms with Gasteiger partial charge in [0.1, 0.15) is 5.82 Å². The quantitative estimate of drug-likeness (QED) is 0.775. The highest BCUT2D eigenvalue weighted by atomic mass is 32.1. The summed E-state index contributed by atoms with van der Waals surface area (Å²) in [5, 5.41) is 4.38. The number of hydrogen-bond acceptors (Lipinski definition) is 4. The van der Waals surface area contributed by atoms with Crippen LogP contribution in [0, 0.1) is 12.7 Å². The van der Waals surface area contributed by atoms with Gasteiger partial charge in [-0.15, -0.1) is 0 Å². The van der Waals surface area contributed by atoms with Crippen LogP contribution in [-0.4, -0.2) is 18.1 Å². The van der Waals surface area contributed by atoms with Crippen molar-refractivity contribution in [3.05, 3.63) is 40.7 Å². The molecular weight excluding hydrogens is 285 g/mol. The number of benzene rings is 1. The van der Waals surface area contributed by atoms with E-state index >= 15 is 0 Å². The predicted octanol–water partition coefficient (Wildman–Crippen LogP) is 4.25. The third-order valence-corrected chi connectivity index (χ3v) is 4.46. The molecule has 0 atom stereocenters. The maximum Gasteiger partial charge on any atom is 0.190 e. The predicted molar refractivity (Wildman–Crippen MR) is 87.9 cm³/mol. The molecule has 0 radical (unpaired) electrons. The van der Waals surface area contributed by atoms with Crippen molar-refractivity contribution in [3.8, 4) is 0 Å². The molecule has 0 unspecified atom stereocenters. The van der Waals surface area contributed by atoms with Crippen LogP contribution in [0.25, 0.3) is 0 Å². The van der Waals surface area contributed by atoms with E-state index in [9.17, 15) is 4.39 Å². The molecule has 1 N–H and O–H groups in total. The molecule has 2 aromatic rings. The summed E-state index contributed by atoms with van der Waals surface area (Å²) in [6.45, 7) is 8.96. The zero-order valence-corrected chi connectivity index (χ0v) is 13.6. The summed E-state index contributed by atoms with van der Waals surface area (Å²) in [6, 6.07) is 6.57. The van der Waals surface area contributed by atoms with Crippen LogP contribution in [0.3, 0.4) is 0 Å². The molecule has 0 aliphatic carbocycles. The molecule has 0 bridgehead atoms. The highest BCUT2D eigenvalue weighted by molar-refractivity contribution is 7.15. The summed E-state index contributed by atoms with van der Waals surface area (Å²) in [6.07, 6.45) is 1.13. The van der Waals surface area contributed by atoms with Gasteiger partial charge in [0.25, 0.3) is 0 Å². The van der Waals surface area contributed by atoms with E-state index in [2.05, 4.69) is 29.0 Å². The number of anilines is 2. The third-order valence-electron chi connectivity index (χ3n) is 3.28. The van der Waals surface area contributed by atoms with Gasteiger partial charge in [0.15, 0.2) is 5.13 Å². The average Bonchev–Trinajstić information content (AvgIpc) is 2.83. The first-order chi connectivity index (χ1) is 10.2. The smallest absolute Gasteiger partial charge is 0.190 e. The Balaban J connectivity index is 2.18. The van der Waals surface area contributed by atoms with Crippen LogP contribution < -0.4 is 10.2 Å². The SMILES string of the molecule is CCCNCc1sc(N(CC)c2ccc(F)cc2)nc1C. The van der Waals surface area contributed by atoms with Crippen LogP contribution in [0.4, 0.5) is 15.2 Å². The number of nitrogens with one attached hydrogen (secondary N) is 1. The van der Waals surface area contributed by atoms with Crippen molar-refractivity contribution < 1.29 is 4.39 Å². The molecule has 0 saturated heterocycles. The highest BCUT2D eigenvalue weighted by Crippen LogP contribution is 2.31. The lowest BCUT2D eigenvalue weighted by atomic mass is 10.3. The van der Waals surface area contributed by atoms with Gasteiger partial charge in [0.05, 0.1) is 5.69 Å². The second-order valence-corrected chi connectivity index (χ2v) is 5.96. The maximum atomic E-state index is 13.1. The Morgan fingerprint density at radius 1 is 1.24 bits per heavy atom. The monoisotopic (exact) mass is 307 g/mol. The van der Waals surface area contributed by atoms with Crippen molar-refractivity contribution in [2.75, 3.05) is 18.0 Å². The molecule has 3 nitrogen and oxygen atoms in total. The van der Waals surface area contributed by atoms with Crippen LogP contribution >= 0.6 is 11.3 Å². The second kappa shape index (κ2) is 7.52. The summed E-state index contributed by atoms with van der Waals surface area (Å²) >= 11 is 1.70. The van der Waals surface area contributed by atoms with Crippen LogP contribution in [0.2, 0.25) is 0 Å². The summed E-state index contributed by atoms with van der Waals surface area (Å²) < 4.78 is 13.1. The molecule has 0 fully saturated rings. The Kier molecular flexibility index (Phi) is 5.70. The van der Waals surface area contributed by atoms with Crippen LogP contribution in [0.15, 0.2) is 24.3 Å². The molecule has 1 heterocycles. The molecule has 1 aromatic heterocycles. The number of rotatable bonds is 7. The Labute approximate surface area is 129 Å². The minimum atomic E-state index is -0.213. The molecule has 0 amide bonds. The molecule has 21 heavy (non-hydrogen) atoms. The first-order valence-electron chi connectivity index (χ1n) is 7.35. The van der Waals surface area contributed by atoms with Gasteiger partial charge in [-0.05, 0) is 51.1 Å². The lowest BCUT2D eigenvalue weighted by Gasteiger charge is -2.19. The van der Waals surface area contributed by atoms with Gasteiger partial charge < -0.3 is 10.2 Å². The van der Waals surface area contributed by atoms with Crippen molar-refractivity contribution in [1.29, 1.82) is 0 Å². The summed E-state index contributed by atoms with van der Waals surface area (Å²) in [5.41, 5.74) is 2.04. The number of thiazole rings is 1. The van der Waals surface area contributed by atoms with E-state index in [-0.39, 0.29) is 5.82 Å². The number of hydrogen-bond donors (Lipinski definition) is 1. The van der Waals surface area contributed by atoms with Crippen molar-refractivity contribution in [2.45, 2.75) is 33.7 Å². The Morgan fingerprint density at radius 2 is 1.95 bits per heavy atom. The largest absolute Gasteiger partial charge is 0.318 e. The zero-order chi connectivity index (χ0) is 15.2. The lowest BCUT2D eigenvalue weighted by Crippen LogP contribution is -2.15. The number of nitrogens with zero attached hydrogens (tertiary/aromatic N) is 2. The molecular formula is C16H22FN3S. The standard InChI is InChI=1S/C16H22FN3S/c1-4-10-18-11-15-12(3)19-16(21-15)20(5-2)14-8-6-13(17)7-9-14/h6-9,18H,4-5,10-11H2,1-3H3. The van der Waals surface area contributed by atoms with Gasteiger partial charge in [0.2, 0.25) is 0 Å². The minimum Gasteiger partial charge on any atom is -0.318 e. The molecule has 2 rings (SSSR count). The minimum absolute atomic E-state index is 0.213. The average molecular weight is 307 g/mol. The first-order valence-corrected chi connectivity index (χ1v) is 8.17. The van der Waals surface area contributed by atoms with Crippen molar-refractivity contribution in [1.82, 2.24) is 10.3 Å². The first kappa shape index (κ1) is 15.9. The fraction of sp³-hybridized carbons (Fsp3) is 0.438. The molecule has 0 aliphatic rings. The Morgan fingerprint density at radius 3 is 2.57 bits per heavy atom. The highest BCUT2D eigenvalue weighted by Gasteiger charge is 2.14. The summed E-state index contributed by atoms with van der Waals surface area (Å²) in [7, 11) is 0. The zero-order valence-electron chi connectivity index (χ0n) is 12.8. The van der Waals surface area contributed by atoms with E-state index in [0.29, 0.717) is 0 Å².